The molecular weight excluding hydrogens is 290 g/mol. The molecule has 19 heavy (non-hydrogen) atoms. The number of carbonyl (C=O) groups is 2. The molecule has 1 unspecified atom stereocenters. The molecule has 0 aliphatic rings. The van der Waals surface area contributed by atoms with Crippen LogP contribution in [0.1, 0.15) is 22.6 Å². The monoisotopic (exact) mass is 303 g/mol. The summed E-state index contributed by atoms with van der Waals surface area (Å²) in [5, 5.41) is 11.4. The summed E-state index contributed by atoms with van der Waals surface area (Å²) in [7, 11) is 0. The van der Waals surface area contributed by atoms with Gasteiger partial charge in [0.2, 0.25) is 5.28 Å². The van der Waals surface area contributed by atoms with Crippen LogP contribution < -0.4 is 5.32 Å². The number of carboxylic acids is 1. The molecule has 0 aliphatic heterocycles. The number of nitrogens with zero attached hydrogens (tertiary/aromatic N) is 2. The molecule has 0 aromatic carbocycles. The van der Waals surface area contributed by atoms with Gasteiger partial charge < -0.3 is 10.4 Å². The molecule has 0 radical (unpaired) electrons. The third-order valence-corrected chi connectivity index (χ3v) is 3.09. The first-order valence-corrected chi connectivity index (χ1v) is 7.25. The van der Waals surface area contributed by atoms with Crippen LogP contribution in [-0.2, 0) is 4.79 Å². The molecule has 0 saturated heterocycles. The normalized spacial score (nSPS) is 11.9. The average Bonchev–Trinajstić information content (AvgIpc) is 2.32. The number of aryl methyl sites for hydroxylation is 1. The number of thioether (sulfide) groups is 1. The third-order valence-electron chi connectivity index (χ3n) is 2.27. The largest absolute Gasteiger partial charge is 0.480 e. The Kier molecular flexibility index (Phi) is 6.04. The van der Waals surface area contributed by atoms with Crippen molar-refractivity contribution < 1.29 is 14.7 Å². The molecule has 0 spiro atoms. The molecule has 1 aromatic heterocycles. The van der Waals surface area contributed by atoms with Crippen molar-refractivity contribution in [3.8, 4) is 0 Å². The first kappa shape index (κ1) is 15.7. The maximum atomic E-state index is 11.9. The van der Waals surface area contributed by atoms with Crippen molar-refractivity contribution in [2.75, 3.05) is 12.0 Å². The molecule has 0 saturated carbocycles. The van der Waals surface area contributed by atoms with Gasteiger partial charge in [0.15, 0.2) is 0 Å². The van der Waals surface area contributed by atoms with Crippen molar-refractivity contribution in [2.45, 2.75) is 19.4 Å². The fourth-order valence-electron chi connectivity index (χ4n) is 1.37. The Morgan fingerprint density at radius 1 is 1.53 bits per heavy atom. The highest BCUT2D eigenvalue weighted by Gasteiger charge is 2.21. The summed E-state index contributed by atoms with van der Waals surface area (Å²) in [6.45, 7) is 1.67. The lowest BCUT2D eigenvalue weighted by Crippen LogP contribution is -2.41. The second-order valence-corrected chi connectivity index (χ2v) is 5.13. The zero-order chi connectivity index (χ0) is 14.4. The number of nitrogens with one attached hydrogen (secondary N) is 1. The fraction of sp³-hybridized carbons (Fsp3) is 0.455. The zero-order valence-corrected chi connectivity index (χ0v) is 12.1. The number of amides is 1. The topological polar surface area (TPSA) is 92.2 Å². The van der Waals surface area contributed by atoms with Crippen LogP contribution in [0.2, 0.25) is 5.28 Å². The van der Waals surface area contributed by atoms with Gasteiger partial charge in [0.1, 0.15) is 11.7 Å². The summed E-state index contributed by atoms with van der Waals surface area (Å²) in [6, 6.07) is 0.517. The molecule has 6 nitrogen and oxygen atoms in total. The first-order chi connectivity index (χ1) is 8.93. The minimum atomic E-state index is -1.07. The van der Waals surface area contributed by atoms with Crippen molar-refractivity contribution in [1.82, 2.24) is 15.3 Å². The highest BCUT2D eigenvalue weighted by atomic mass is 35.5. The minimum absolute atomic E-state index is 0.0406. The summed E-state index contributed by atoms with van der Waals surface area (Å²) in [4.78, 5) is 30.5. The number of carboxylic acid groups (broad SMARTS) is 1. The standard InChI is InChI=1S/C11H14ClN3O3S/c1-6-5-8(15-11(12)13-6)9(16)14-7(10(17)18)3-4-19-2/h5,7H,3-4H2,1-2H3,(H,14,16)(H,17,18). The maximum absolute atomic E-state index is 11.9. The van der Waals surface area contributed by atoms with E-state index in [1.165, 1.54) is 17.8 Å². The molecule has 2 N–H and O–H groups in total. The summed E-state index contributed by atoms with van der Waals surface area (Å²) in [5.74, 6) is -0.999. The summed E-state index contributed by atoms with van der Waals surface area (Å²) in [5.41, 5.74) is 0.606. The number of halogens is 1. The van der Waals surface area contributed by atoms with E-state index in [1.54, 1.807) is 6.92 Å². The highest BCUT2D eigenvalue weighted by molar-refractivity contribution is 7.98. The van der Waals surface area contributed by atoms with E-state index in [0.717, 1.165) is 0 Å². The van der Waals surface area contributed by atoms with Gasteiger partial charge in [-0.2, -0.15) is 11.8 Å². The Morgan fingerprint density at radius 2 is 2.21 bits per heavy atom. The minimum Gasteiger partial charge on any atom is -0.480 e. The van der Waals surface area contributed by atoms with Gasteiger partial charge in [-0.15, -0.1) is 0 Å². The van der Waals surface area contributed by atoms with E-state index in [-0.39, 0.29) is 11.0 Å². The predicted octanol–water partition coefficient (Wildman–Crippen LogP) is 1.37. The highest BCUT2D eigenvalue weighted by Crippen LogP contribution is 2.07. The smallest absolute Gasteiger partial charge is 0.326 e. The summed E-state index contributed by atoms with van der Waals surface area (Å²) in [6.07, 6.45) is 2.22. The fourth-order valence-corrected chi connectivity index (χ4v) is 2.07. The van der Waals surface area contributed by atoms with Crippen LogP contribution in [0.5, 0.6) is 0 Å². The summed E-state index contributed by atoms with van der Waals surface area (Å²) < 4.78 is 0. The van der Waals surface area contributed by atoms with Gasteiger partial charge in [-0.3, -0.25) is 4.79 Å². The number of hydrogen-bond acceptors (Lipinski definition) is 5. The van der Waals surface area contributed by atoms with Gasteiger partial charge in [0.25, 0.3) is 5.91 Å². The van der Waals surface area contributed by atoms with E-state index >= 15 is 0 Å². The molecule has 0 aliphatic carbocycles. The van der Waals surface area contributed by atoms with Gasteiger partial charge in [-0.05, 0) is 43.0 Å². The Labute approximate surface area is 120 Å². The van der Waals surface area contributed by atoms with E-state index in [1.807, 2.05) is 6.26 Å². The second kappa shape index (κ2) is 7.30. The van der Waals surface area contributed by atoms with Crippen molar-refractivity contribution in [1.29, 1.82) is 0 Å². The molecular formula is C11H14ClN3O3S. The first-order valence-electron chi connectivity index (χ1n) is 5.48. The van der Waals surface area contributed by atoms with E-state index < -0.39 is 17.9 Å². The Morgan fingerprint density at radius 3 is 2.74 bits per heavy atom. The van der Waals surface area contributed by atoms with E-state index in [4.69, 9.17) is 16.7 Å². The van der Waals surface area contributed by atoms with Crippen molar-refractivity contribution in [3.05, 3.63) is 22.7 Å². The van der Waals surface area contributed by atoms with Crippen LogP contribution in [0, 0.1) is 6.92 Å². The van der Waals surface area contributed by atoms with Crippen molar-refractivity contribution in [3.63, 3.8) is 0 Å². The molecule has 1 amide bonds. The zero-order valence-electron chi connectivity index (χ0n) is 10.5. The SMILES string of the molecule is CSCCC(NC(=O)c1cc(C)nc(Cl)n1)C(=O)O. The lowest BCUT2D eigenvalue weighted by Gasteiger charge is -2.13. The van der Waals surface area contributed by atoms with E-state index in [9.17, 15) is 9.59 Å². The average molecular weight is 304 g/mol. The third kappa shape index (κ3) is 5.04. The number of rotatable bonds is 6. The molecule has 1 aromatic rings. The Bertz CT molecular complexity index is 464. The van der Waals surface area contributed by atoms with Gasteiger partial charge in [-0.25, -0.2) is 14.8 Å². The number of carbonyl (C=O) groups excluding carboxylic acids is 1. The maximum Gasteiger partial charge on any atom is 0.326 e. The van der Waals surface area contributed by atoms with Gasteiger partial charge in [0, 0.05) is 5.69 Å². The van der Waals surface area contributed by atoms with Gasteiger partial charge in [0.05, 0.1) is 0 Å². The van der Waals surface area contributed by atoms with Gasteiger partial charge in [-0.1, -0.05) is 0 Å². The number of aliphatic carboxylic acids is 1. The van der Waals surface area contributed by atoms with Crippen LogP contribution in [0.25, 0.3) is 0 Å². The van der Waals surface area contributed by atoms with Crippen LogP contribution in [0.15, 0.2) is 6.07 Å². The van der Waals surface area contributed by atoms with Crippen molar-refractivity contribution in [2.24, 2.45) is 0 Å². The lowest BCUT2D eigenvalue weighted by atomic mass is 10.2. The van der Waals surface area contributed by atoms with E-state index in [0.29, 0.717) is 17.9 Å². The van der Waals surface area contributed by atoms with Crippen LogP contribution >= 0.6 is 23.4 Å². The van der Waals surface area contributed by atoms with Crippen LogP contribution in [-0.4, -0.2) is 45.0 Å². The molecule has 1 atom stereocenters. The quantitative estimate of drug-likeness (QED) is 0.771. The van der Waals surface area contributed by atoms with Crippen LogP contribution in [0.3, 0.4) is 0 Å². The predicted molar refractivity (Wildman–Crippen MR) is 73.7 cm³/mol. The molecule has 0 bridgehead atoms. The molecule has 8 heteroatoms. The Balaban J connectivity index is 2.78. The molecule has 0 fully saturated rings. The number of aromatic nitrogens is 2. The lowest BCUT2D eigenvalue weighted by molar-refractivity contribution is -0.139. The Hall–Kier alpha value is -1.34. The molecule has 1 heterocycles. The second-order valence-electron chi connectivity index (χ2n) is 3.81. The van der Waals surface area contributed by atoms with Gasteiger partial charge >= 0.3 is 5.97 Å². The van der Waals surface area contributed by atoms with Crippen LogP contribution in [0.4, 0.5) is 0 Å². The number of hydrogen-bond donors (Lipinski definition) is 2. The molecule has 1 rings (SSSR count). The van der Waals surface area contributed by atoms with E-state index in [2.05, 4.69) is 15.3 Å². The summed E-state index contributed by atoms with van der Waals surface area (Å²) >= 11 is 7.17. The van der Waals surface area contributed by atoms with Crippen molar-refractivity contribution >= 4 is 35.2 Å². The molecule has 104 valence electrons.